The molecule has 34 heavy (non-hydrogen) atoms. The molecule has 2 amide bonds. The topological polar surface area (TPSA) is 78.4 Å². The number of amides is 2. The molecule has 1 N–H and O–H groups in total. The van der Waals surface area contributed by atoms with Crippen LogP contribution < -0.4 is 15.1 Å². The molecule has 1 atom stereocenters. The minimum atomic E-state index is -1.11. The van der Waals surface area contributed by atoms with E-state index >= 15 is 0 Å². The van der Waals surface area contributed by atoms with E-state index in [-0.39, 0.29) is 17.9 Å². The van der Waals surface area contributed by atoms with Gasteiger partial charge in [-0.25, -0.2) is 4.98 Å². The van der Waals surface area contributed by atoms with Gasteiger partial charge in [0.2, 0.25) is 11.8 Å². The van der Waals surface area contributed by atoms with E-state index in [2.05, 4.69) is 26.7 Å². The average molecular weight is 478 g/mol. The minimum Gasteiger partial charge on any atom is -0.313 e. The lowest BCUT2D eigenvalue weighted by atomic mass is 9.90. The van der Waals surface area contributed by atoms with Crippen molar-refractivity contribution in [3.63, 3.8) is 0 Å². The van der Waals surface area contributed by atoms with E-state index in [1.807, 2.05) is 42.9 Å². The second-order valence-electron chi connectivity index (χ2n) is 9.11. The summed E-state index contributed by atoms with van der Waals surface area (Å²) < 4.78 is 0. The molecule has 0 radical (unpaired) electrons. The molecule has 0 saturated heterocycles. The molecule has 0 saturated carbocycles. The van der Waals surface area contributed by atoms with Crippen LogP contribution in [-0.4, -0.2) is 35.4 Å². The maximum atomic E-state index is 13.1. The van der Waals surface area contributed by atoms with E-state index in [0.717, 1.165) is 35.5 Å². The van der Waals surface area contributed by atoms with Gasteiger partial charge in [-0.05, 0) is 62.9 Å². The van der Waals surface area contributed by atoms with E-state index in [4.69, 9.17) is 0 Å². The van der Waals surface area contributed by atoms with E-state index in [1.165, 1.54) is 5.56 Å². The number of fused-ring (bicyclic) bond motifs is 1. The van der Waals surface area contributed by atoms with Gasteiger partial charge in [0.1, 0.15) is 5.41 Å². The lowest BCUT2D eigenvalue weighted by molar-refractivity contribution is -0.137. The number of hydrogen-bond acceptors (Lipinski definition) is 6. The molecule has 7 nitrogen and oxygen atoms in total. The lowest BCUT2D eigenvalue weighted by Crippen LogP contribution is -2.47. The molecule has 0 fully saturated rings. The number of thiazole rings is 1. The molecule has 3 aromatic rings. The van der Waals surface area contributed by atoms with Crippen LogP contribution in [0.4, 0.5) is 11.4 Å². The molecule has 4 rings (SSSR count). The first-order valence-corrected chi connectivity index (χ1v) is 12.5. The average Bonchev–Trinajstić information content (AvgIpc) is 3.38. The van der Waals surface area contributed by atoms with Crippen molar-refractivity contribution < 1.29 is 9.59 Å². The number of rotatable bonds is 8. The van der Waals surface area contributed by atoms with Crippen LogP contribution in [0.1, 0.15) is 50.1 Å². The second kappa shape index (κ2) is 10.0. The zero-order valence-corrected chi connectivity index (χ0v) is 20.9. The van der Waals surface area contributed by atoms with E-state index in [9.17, 15) is 9.59 Å². The first-order chi connectivity index (χ1) is 16.3. The Labute approximate surface area is 204 Å². The van der Waals surface area contributed by atoms with Gasteiger partial charge in [0.25, 0.3) is 0 Å². The highest BCUT2D eigenvalue weighted by molar-refractivity contribution is 7.07. The summed E-state index contributed by atoms with van der Waals surface area (Å²) in [5.74, 6) is -0.368. The van der Waals surface area contributed by atoms with E-state index in [1.54, 1.807) is 48.2 Å². The molecule has 0 aliphatic carbocycles. The van der Waals surface area contributed by atoms with Crippen molar-refractivity contribution in [3.8, 4) is 0 Å². The van der Waals surface area contributed by atoms with Gasteiger partial charge in [-0.1, -0.05) is 12.1 Å². The van der Waals surface area contributed by atoms with Gasteiger partial charge in [0.15, 0.2) is 0 Å². The maximum Gasteiger partial charge on any atom is 0.242 e. The number of pyridine rings is 1. The predicted molar refractivity (Wildman–Crippen MR) is 136 cm³/mol. The third-order valence-corrected chi connectivity index (χ3v) is 7.04. The van der Waals surface area contributed by atoms with Crippen LogP contribution in [0.5, 0.6) is 0 Å². The van der Waals surface area contributed by atoms with E-state index < -0.39 is 5.41 Å². The van der Waals surface area contributed by atoms with Crippen molar-refractivity contribution in [3.05, 3.63) is 70.4 Å². The molecule has 178 valence electrons. The summed E-state index contributed by atoms with van der Waals surface area (Å²) in [6, 6.07) is 10.1. The Morgan fingerprint density at radius 1 is 1.12 bits per heavy atom. The number of benzene rings is 1. The van der Waals surface area contributed by atoms with Gasteiger partial charge in [-0.3, -0.25) is 14.6 Å². The molecule has 1 aliphatic heterocycles. The summed E-state index contributed by atoms with van der Waals surface area (Å²) in [5.41, 5.74) is 5.54. The third kappa shape index (κ3) is 4.74. The zero-order valence-electron chi connectivity index (χ0n) is 20.1. The Morgan fingerprint density at radius 2 is 1.94 bits per heavy atom. The van der Waals surface area contributed by atoms with Gasteiger partial charge < -0.3 is 15.1 Å². The lowest BCUT2D eigenvalue weighted by Gasteiger charge is -2.27. The fourth-order valence-electron chi connectivity index (χ4n) is 4.40. The first-order valence-electron chi connectivity index (χ1n) is 11.6. The number of carbonyl (C=O) groups excluding carboxylic acids is 2. The molecule has 8 heteroatoms. The standard InChI is InChI=1S/C26H31N5O2S/c1-5-31-22-11-9-19(13-23(22)30(4)24(32)26(2,3)25(31)33)15-28-20(21-16-34-17-29-21)10-8-18-7-6-12-27-14-18/h6-7,9,11-14,16-17,20,28H,5,8,10,15H2,1-4H3. The van der Waals surface area contributed by atoms with Crippen LogP contribution in [0.3, 0.4) is 0 Å². The Morgan fingerprint density at radius 3 is 2.62 bits per heavy atom. The summed E-state index contributed by atoms with van der Waals surface area (Å²) in [6.07, 6.45) is 5.48. The number of aromatic nitrogens is 2. The SMILES string of the molecule is CCN1C(=O)C(C)(C)C(=O)N(C)c2cc(CNC(CCc3cccnc3)c3cscn3)ccc21. The molecule has 0 spiro atoms. The van der Waals surface area contributed by atoms with Crippen LogP contribution in [-0.2, 0) is 22.6 Å². The van der Waals surface area contributed by atoms with Crippen LogP contribution in [0, 0.1) is 5.41 Å². The molecule has 0 bridgehead atoms. The smallest absolute Gasteiger partial charge is 0.242 e. The van der Waals surface area contributed by atoms with Gasteiger partial charge >= 0.3 is 0 Å². The molecule has 2 aromatic heterocycles. The van der Waals surface area contributed by atoms with Crippen molar-refractivity contribution in [2.75, 3.05) is 23.4 Å². The highest BCUT2D eigenvalue weighted by Crippen LogP contribution is 2.38. The van der Waals surface area contributed by atoms with Crippen molar-refractivity contribution >= 4 is 34.5 Å². The number of nitrogens with zero attached hydrogens (tertiary/aromatic N) is 4. The van der Waals surface area contributed by atoms with Crippen molar-refractivity contribution in [1.82, 2.24) is 15.3 Å². The van der Waals surface area contributed by atoms with Gasteiger partial charge in [0.05, 0.1) is 28.6 Å². The molecule has 1 unspecified atom stereocenters. The number of hydrogen-bond donors (Lipinski definition) is 1. The number of aryl methyl sites for hydroxylation is 1. The largest absolute Gasteiger partial charge is 0.313 e. The van der Waals surface area contributed by atoms with Crippen LogP contribution in [0.2, 0.25) is 0 Å². The summed E-state index contributed by atoms with van der Waals surface area (Å²) in [5, 5.41) is 5.73. The van der Waals surface area contributed by atoms with Crippen molar-refractivity contribution in [2.24, 2.45) is 5.41 Å². The second-order valence-corrected chi connectivity index (χ2v) is 9.83. The number of anilines is 2. The quantitative estimate of drug-likeness (QED) is 0.488. The van der Waals surface area contributed by atoms with Crippen LogP contribution >= 0.6 is 11.3 Å². The van der Waals surface area contributed by atoms with Crippen molar-refractivity contribution in [1.29, 1.82) is 0 Å². The zero-order chi connectivity index (χ0) is 24.3. The summed E-state index contributed by atoms with van der Waals surface area (Å²) in [7, 11) is 1.75. The van der Waals surface area contributed by atoms with Crippen LogP contribution in [0.25, 0.3) is 0 Å². The minimum absolute atomic E-state index is 0.0947. The monoisotopic (exact) mass is 477 g/mol. The van der Waals surface area contributed by atoms with Gasteiger partial charge in [-0.2, -0.15) is 0 Å². The maximum absolute atomic E-state index is 13.1. The number of carbonyl (C=O) groups is 2. The Kier molecular flexibility index (Phi) is 7.09. The normalized spacial score (nSPS) is 16.4. The highest BCUT2D eigenvalue weighted by atomic mass is 32.1. The highest BCUT2D eigenvalue weighted by Gasteiger charge is 2.45. The molecule has 3 heterocycles. The molecular formula is C26H31N5O2S. The van der Waals surface area contributed by atoms with E-state index in [0.29, 0.717) is 13.1 Å². The summed E-state index contributed by atoms with van der Waals surface area (Å²) in [6.45, 7) is 6.46. The predicted octanol–water partition coefficient (Wildman–Crippen LogP) is 4.36. The van der Waals surface area contributed by atoms with Gasteiger partial charge in [-0.15, -0.1) is 11.3 Å². The van der Waals surface area contributed by atoms with Crippen LogP contribution in [0.15, 0.2) is 53.6 Å². The fourth-order valence-corrected chi connectivity index (χ4v) is 5.01. The molecular weight excluding hydrogens is 446 g/mol. The Bertz CT molecular complexity index is 1150. The summed E-state index contributed by atoms with van der Waals surface area (Å²) >= 11 is 1.59. The summed E-state index contributed by atoms with van der Waals surface area (Å²) in [4.78, 5) is 38.3. The van der Waals surface area contributed by atoms with Crippen molar-refractivity contribution in [2.45, 2.75) is 46.2 Å². The number of nitrogens with one attached hydrogen (secondary N) is 1. The fraction of sp³-hybridized carbons (Fsp3) is 0.385. The first kappa shape index (κ1) is 24.0. The third-order valence-electron chi connectivity index (χ3n) is 6.43. The Balaban J connectivity index is 1.55. The Hall–Kier alpha value is -3.10. The van der Waals surface area contributed by atoms with Gasteiger partial charge in [0, 0.05) is 37.9 Å². The molecule has 1 aliphatic rings. The molecule has 1 aromatic carbocycles.